The molecule has 1 aromatic carbocycles. The summed E-state index contributed by atoms with van der Waals surface area (Å²) >= 11 is 0. The van der Waals surface area contributed by atoms with Crippen LogP contribution in [0.1, 0.15) is 31.1 Å². The maximum absolute atomic E-state index is 12.9. The zero-order valence-corrected chi connectivity index (χ0v) is 11.6. The number of Topliss-reactive ketones (excluding diaryl/α,β-unsaturated/α-hetero) is 1. The highest BCUT2D eigenvalue weighted by Gasteiger charge is 2.36. The summed E-state index contributed by atoms with van der Waals surface area (Å²) in [6, 6.07) is 5.50. The van der Waals surface area contributed by atoms with E-state index in [1.165, 1.54) is 12.1 Å². The van der Waals surface area contributed by atoms with Crippen LogP contribution in [0.4, 0.5) is 4.39 Å². The van der Waals surface area contributed by atoms with Gasteiger partial charge in [0, 0.05) is 17.6 Å². The van der Waals surface area contributed by atoms with E-state index in [2.05, 4.69) is 18.7 Å². The lowest BCUT2D eigenvalue weighted by Gasteiger charge is -2.45. The Kier molecular flexibility index (Phi) is 4.02. The lowest BCUT2D eigenvalue weighted by atomic mass is 9.96. The Balaban J connectivity index is 2.16. The van der Waals surface area contributed by atoms with Gasteiger partial charge in [-0.25, -0.2) is 4.39 Å². The molecule has 3 nitrogen and oxygen atoms in total. The minimum absolute atomic E-state index is 0.0231. The van der Waals surface area contributed by atoms with E-state index in [0.29, 0.717) is 18.8 Å². The average Bonchev–Trinajstić information content (AvgIpc) is 2.37. The van der Waals surface area contributed by atoms with Crippen LogP contribution in [-0.2, 0) is 4.74 Å². The van der Waals surface area contributed by atoms with Crippen molar-refractivity contribution in [3.05, 3.63) is 35.6 Å². The van der Waals surface area contributed by atoms with Crippen LogP contribution in [0, 0.1) is 5.82 Å². The molecule has 0 N–H and O–H groups in total. The number of hydrogen-bond acceptors (Lipinski definition) is 3. The van der Waals surface area contributed by atoms with Crippen molar-refractivity contribution in [1.29, 1.82) is 0 Å². The van der Waals surface area contributed by atoms with Gasteiger partial charge in [0.05, 0.1) is 19.3 Å². The number of rotatable bonds is 3. The number of benzene rings is 1. The van der Waals surface area contributed by atoms with Crippen molar-refractivity contribution in [1.82, 2.24) is 4.90 Å². The summed E-state index contributed by atoms with van der Waals surface area (Å²) in [7, 11) is 0. The smallest absolute Gasteiger partial charge is 0.179 e. The van der Waals surface area contributed by atoms with Crippen LogP contribution >= 0.6 is 0 Å². The van der Waals surface area contributed by atoms with Crippen molar-refractivity contribution in [3.63, 3.8) is 0 Å². The fraction of sp³-hybridized carbons (Fsp3) is 0.533. The summed E-state index contributed by atoms with van der Waals surface area (Å²) in [6.45, 7) is 8.04. The van der Waals surface area contributed by atoms with Crippen LogP contribution in [0.2, 0.25) is 0 Å². The molecule has 1 heterocycles. The summed E-state index contributed by atoms with van der Waals surface area (Å²) < 4.78 is 18.4. The molecule has 0 aromatic heterocycles. The number of carbonyl (C=O) groups excluding carboxylic acids is 1. The van der Waals surface area contributed by atoms with Crippen molar-refractivity contribution in [3.8, 4) is 0 Å². The largest absolute Gasteiger partial charge is 0.378 e. The van der Waals surface area contributed by atoms with Crippen LogP contribution in [0.25, 0.3) is 0 Å². The second kappa shape index (κ2) is 5.39. The van der Waals surface area contributed by atoms with Crippen molar-refractivity contribution in [2.45, 2.75) is 32.4 Å². The molecule has 1 fully saturated rings. The highest BCUT2D eigenvalue weighted by molar-refractivity contribution is 5.99. The van der Waals surface area contributed by atoms with Gasteiger partial charge in [-0.2, -0.15) is 0 Å². The van der Waals surface area contributed by atoms with Crippen LogP contribution < -0.4 is 0 Å². The molecule has 0 amide bonds. The fourth-order valence-electron chi connectivity index (χ4n) is 2.59. The fourth-order valence-corrected chi connectivity index (χ4v) is 2.59. The van der Waals surface area contributed by atoms with E-state index in [9.17, 15) is 9.18 Å². The van der Waals surface area contributed by atoms with E-state index in [-0.39, 0.29) is 23.2 Å². The first-order valence-electron chi connectivity index (χ1n) is 6.56. The van der Waals surface area contributed by atoms with Gasteiger partial charge in [0.25, 0.3) is 0 Å². The average molecular weight is 265 g/mol. The van der Waals surface area contributed by atoms with Crippen LogP contribution in [0.3, 0.4) is 0 Å². The van der Waals surface area contributed by atoms with Gasteiger partial charge in [-0.15, -0.1) is 0 Å². The zero-order chi connectivity index (χ0) is 14.0. The highest BCUT2D eigenvalue weighted by atomic mass is 19.1. The van der Waals surface area contributed by atoms with Gasteiger partial charge < -0.3 is 4.74 Å². The van der Waals surface area contributed by atoms with Gasteiger partial charge in [-0.05, 0) is 45.0 Å². The van der Waals surface area contributed by atoms with Crippen molar-refractivity contribution in [2.75, 3.05) is 19.8 Å². The normalized spacial score (nSPS) is 21.1. The molecular weight excluding hydrogens is 245 g/mol. The lowest BCUT2D eigenvalue weighted by molar-refractivity contribution is -0.0626. The summed E-state index contributed by atoms with van der Waals surface area (Å²) in [4.78, 5) is 14.6. The van der Waals surface area contributed by atoms with Crippen molar-refractivity contribution >= 4 is 5.78 Å². The zero-order valence-electron chi connectivity index (χ0n) is 11.6. The Bertz CT molecular complexity index is 456. The molecule has 1 aliphatic heterocycles. The van der Waals surface area contributed by atoms with E-state index < -0.39 is 0 Å². The minimum atomic E-state index is -0.323. The summed E-state index contributed by atoms with van der Waals surface area (Å²) in [5.74, 6) is -0.300. The van der Waals surface area contributed by atoms with Crippen LogP contribution in [0.5, 0.6) is 0 Å². The van der Waals surface area contributed by atoms with Gasteiger partial charge >= 0.3 is 0 Å². The van der Waals surface area contributed by atoms with Gasteiger partial charge in [0.1, 0.15) is 5.82 Å². The molecule has 1 atom stereocenters. The minimum Gasteiger partial charge on any atom is -0.378 e. The Morgan fingerprint density at radius 3 is 2.58 bits per heavy atom. The van der Waals surface area contributed by atoms with Gasteiger partial charge in [0.2, 0.25) is 0 Å². The standard InChI is InChI=1S/C15H20FNO2/c1-11(17-8-9-19-10-15(17,2)3)14(18)12-4-6-13(16)7-5-12/h4-7,11H,8-10H2,1-3H3. The molecule has 0 bridgehead atoms. The number of nitrogens with zero attached hydrogens (tertiary/aromatic N) is 1. The van der Waals surface area contributed by atoms with Crippen LogP contribution in [-0.4, -0.2) is 42.0 Å². The first-order valence-corrected chi connectivity index (χ1v) is 6.56. The van der Waals surface area contributed by atoms with Gasteiger partial charge in [0.15, 0.2) is 5.78 Å². The third-order valence-electron chi connectivity index (χ3n) is 3.69. The van der Waals surface area contributed by atoms with E-state index in [1.54, 1.807) is 12.1 Å². The van der Waals surface area contributed by atoms with Gasteiger partial charge in [-0.3, -0.25) is 9.69 Å². The molecule has 2 rings (SSSR count). The number of halogens is 1. The molecule has 1 saturated heterocycles. The lowest BCUT2D eigenvalue weighted by Crippen LogP contribution is -2.58. The summed E-state index contributed by atoms with van der Waals surface area (Å²) in [5, 5.41) is 0. The van der Waals surface area contributed by atoms with Gasteiger partial charge in [-0.1, -0.05) is 0 Å². The van der Waals surface area contributed by atoms with Crippen LogP contribution in [0.15, 0.2) is 24.3 Å². The molecule has 1 aromatic rings. The summed E-state index contributed by atoms with van der Waals surface area (Å²) in [6.07, 6.45) is 0. The number of morpholine rings is 1. The van der Waals surface area contributed by atoms with E-state index in [4.69, 9.17) is 4.74 Å². The summed E-state index contributed by atoms with van der Waals surface area (Å²) in [5.41, 5.74) is 0.393. The third kappa shape index (κ3) is 3.01. The third-order valence-corrected chi connectivity index (χ3v) is 3.69. The molecule has 0 spiro atoms. The first-order chi connectivity index (χ1) is 8.92. The van der Waals surface area contributed by atoms with E-state index in [0.717, 1.165) is 6.54 Å². The molecule has 19 heavy (non-hydrogen) atoms. The topological polar surface area (TPSA) is 29.5 Å². The Morgan fingerprint density at radius 2 is 2.00 bits per heavy atom. The molecule has 104 valence electrons. The highest BCUT2D eigenvalue weighted by Crippen LogP contribution is 2.23. The Labute approximate surface area is 113 Å². The quantitative estimate of drug-likeness (QED) is 0.786. The Hall–Kier alpha value is -1.26. The first kappa shape index (κ1) is 14.2. The number of ketones is 1. The number of ether oxygens (including phenoxy) is 1. The number of carbonyl (C=O) groups is 1. The monoisotopic (exact) mass is 265 g/mol. The molecule has 4 heteroatoms. The maximum atomic E-state index is 12.9. The van der Waals surface area contributed by atoms with Crippen molar-refractivity contribution < 1.29 is 13.9 Å². The predicted octanol–water partition coefficient (Wildman–Crippen LogP) is 2.51. The molecular formula is C15H20FNO2. The second-order valence-corrected chi connectivity index (χ2v) is 5.61. The molecule has 1 unspecified atom stereocenters. The van der Waals surface area contributed by atoms with E-state index >= 15 is 0 Å². The number of hydrogen-bond donors (Lipinski definition) is 0. The SMILES string of the molecule is CC(C(=O)c1ccc(F)cc1)N1CCOCC1(C)C. The molecule has 0 radical (unpaired) electrons. The maximum Gasteiger partial charge on any atom is 0.179 e. The Morgan fingerprint density at radius 1 is 1.37 bits per heavy atom. The van der Waals surface area contributed by atoms with E-state index in [1.807, 2.05) is 6.92 Å². The second-order valence-electron chi connectivity index (χ2n) is 5.61. The predicted molar refractivity (Wildman–Crippen MR) is 71.8 cm³/mol. The van der Waals surface area contributed by atoms with Crippen molar-refractivity contribution in [2.24, 2.45) is 0 Å². The molecule has 1 aliphatic rings. The molecule has 0 aliphatic carbocycles. The molecule has 0 saturated carbocycles.